The summed E-state index contributed by atoms with van der Waals surface area (Å²) in [5.41, 5.74) is 0.116. The number of oxime groups is 1. The molecule has 0 fully saturated rings. The predicted molar refractivity (Wildman–Crippen MR) is 32.9 cm³/mol. The fourth-order valence-electron chi connectivity index (χ4n) is 0.458. The van der Waals surface area contributed by atoms with Crippen LogP contribution in [0.25, 0.3) is 0 Å². The van der Waals surface area contributed by atoms with E-state index in [1.165, 1.54) is 0 Å². The predicted octanol–water partition coefficient (Wildman–Crippen LogP) is 0.269. The summed E-state index contributed by atoms with van der Waals surface area (Å²) < 4.78 is 0. The van der Waals surface area contributed by atoms with Gasteiger partial charge in [0, 0.05) is 6.42 Å². The fraction of sp³-hybridized carbons (Fsp3) is 0.500. The van der Waals surface area contributed by atoms with Crippen LogP contribution in [0.5, 0.6) is 0 Å². The highest BCUT2D eigenvalue weighted by molar-refractivity contribution is 6.35. The van der Waals surface area contributed by atoms with Crippen molar-refractivity contribution in [2.45, 2.75) is 6.42 Å². The van der Waals surface area contributed by atoms with Crippen LogP contribution in [0.2, 0.25) is 0 Å². The first-order chi connectivity index (χ1) is 3.80. The Morgan fingerprint density at radius 3 is 2.67 bits per heavy atom. The van der Waals surface area contributed by atoms with Crippen LogP contribution in [0.4, 0.5) is 0 Å². The number of hydrogen-bond donors (Lipinski definition) is 1. The summed E-state index contributed by atoms with van der Waals surface area (Å²) in [4.78, 5) is 14.4. The highest BCUT2D eigenvalue weighted by atomic mass is 35.5. The number of hydrogen-bond acceptors (Lipinski definition) is 3. The van der Waals surface area contributed by atoms with Gasteiger partial charge in [0.1, 0.15) is 6.61 Å². The number of halogens is 1. The molecule has 1 heterocycles. The van der Waals surface area contributed by atoms with Gasteiger partial charge < -0.3 is 9.94 Å². The molecule has 9 heavy (non-hydrogen) atoms. The number of nitrogens with zero attached hydrogens (tertiary/aromatic N) is 1. The number of carboxylic acids is 1. The number of carbonyl (C=O) groups is 1. The van der Waals surface area contributed by atoms with Crippen LogP contribution in [0, 0.1) is 0 Å². The quantitative estimate of drug-likeness (QED) is 0.585. The Morgan fingerprint density at radius 2 is 2.44 bits per heavy atom. The second-order valence-electron chi connectivity index (χ2n) is 1.43. The monoisotopic (exact) mass is 151 g/mol. The van der Waals surface area contributed by atoms with Crippen molar-refractivity contribution in [2.75, 3.05) is 6.61 Å². The molecule has 0 amide bonds. The third kappa shape index (κ3) is 1.89. The van der Waals surface area contributed by atoms with E-state index in [0.717, 1.165) is 0 Å². The minimum Gasteiger partial charge on any atom is -0.477 e. The van der Waals surface area contributed by atoms with Crippen molar-refractivity contribution in [3.05, 3.63) is 0 Å². The molecule has 0 saturated carbocycles. The Bertz CT molecular complexity index is 145. The first-order valence-electron chi connectivity index (χ1n) is 2.23. The van der Waals surface area contributed by atoms with E-state index in [1.54, 1.807) is 0 Å². The smallest absolute Gasteiger partial charge is 0.353 e. The van der Waals surface area contributed by atoms with E-state index in [9.17, 15) is 4.79 Å². The van der Waals surface area contributed by atoms with Gasteiger partial charge in [0.25, 0.3) is 0 Å². The molecule has 0 spiro atoms. The highest BCUT2D eigenvalue weighted by Gasteiger charge is 2.14. The third-order valence-electron chi connectivity index (χ3n) is 0.852. The summed E-state index contributed by atoms with van der Waals surface area (Å²) in [7, 11) is 0. The van der Waals surface area contributed by atoms with Crippen molar-refractivity contribution in [3.63, 3.8) is 0 Å². The molecular formula is C4H6ClNO3. The van der Waals surface area contributed by atoms with E-state index >= 15 is 0 Å². The van der Waals surface area contributed by atoms with Crippen LogP contribution < -0.4 is 0 Å². The Labute approximate surface area is 57.9 Å². The molecule has 0 aromatic carbocycles. The lowest BCUT2D eigenvalue weighted by molar-refractivity contribution is -0.129. The summed E-state index contributed by atoms with van der Waals surface area (Å²) in [6.45, 7) is 0.404. The lowest BCUT2D eigenvalue weighted by Gasteiger charge is -1.80. The van der Waals surface area contributed by atoms with Crippen molar-refractivity contribution < 1.29 is 14.7 Å². The summed E-state index contributed by atoms with van der Waals surface area (Å²) >= 11 is 0. The zero-order valence-electron chi connectivity index (χ0n) is 4.53. The Morgan fingerprint density at radius 1 is 1.78 bits per heavy atom. The highest BCUT2D eigenvalue weighted by Crippen LogP contribution is 1.98. The summed E-state index contributed by atoms with van der Waals surface area (Å²) in [5, 5.41) is 11.5. The minimum atomic E-state index is -0.984. The van der Waals surface area contributed by atoms with Crippen LogP contribution in [0.3, 0.4) is 0 Å². The van der Waals surface area contributed by atoms with Crippen LogP contribution in [0.1, 0.15) is 6.42 Å². The van der Waals surface area contributed by atoms with Crippen molar-refractivity contribution in [3.8, 4) is 0 Å². The maximum absolute atomic E-state index is 9.99. The first-order valence-corrected chi connectivity index (χ1v) is 2.23. The average Bonchev–Trinajstić information content (AvgIpc) is 2.12. The van der Waals surface area contributed by atoms with Gasteiger partial charge in [0.2, 0.25) is 0 Å². The lowest BCUT2D eigenvalue weighted by atomic mass is 10.3. The van der Waals surface area contributed by atoms with Crippen molar-refractivity contribution in [1.82, 2.24) is 0 Å². The van der Waals surface area contributed by atoms with Gasteiger partial charge in [-0.1, -0.05) is 5.16 Å². The van der Waals surface area contributed by atoms with Crippen LogP contribution in [-0.4, -0.2) is 23.4 Å². The normalized spacial score (nSPS) is 15.3. The van der Waals surface area contributed by atoms with E-state index in [4.69, 9.17) is 5.11 Å². The summed E-state index contributed by atoms with van der Waals surface area (Å²) in [5.74, 6) is -0.984. The second kappa shape index (κ2) is 3.29. The fourth-order valence-corrected chi connectivity index (χ4v) is 0.458. The van der Waals surface area contributed by atoms with Gasteiger partial charge in [-0.2, -0.15) is 0 Å². The number of carboxylic acid groups (broad SMARTS) is 1. The largest absolute Gasteiger partial charge is 0.477 e. The van der Waals surface area contributed by atoms with E-state index in [2.05, 4.69) is 9.99 Å². The van der Waals surface area contributed by atoms with Gasteiger partial charge in [-0.3, -0.25) is 0 Å². The molecule has 1 N–H and O–H groups in total. The van der Waals surface area contributed by atoms with Crippen LogP contribution >= 0.6 is 12.4 Å². The molecule has 4 nitrogen and oxygen atoms in total. The minimum absolute atomic E-state index is 0. The van der Waals surface area contributed by atoms with Gasteiger partial charge in [-0.15, -0.1) is 12.4 Å². The SMILES string of the molecule is Cl.O=C(O)C1=NOCC1. The van der Waals surface area contributed by atoms with Crippen molar-refractivity contribution in [2.24, 2.45) is 5.16 Å². The molecular weight excluding hydrogens is 146 g/mol. The summed E-state index contributed by atoms with van der Waals surface area (Å²) in [6.07, 6.45) is 0.426. The molecule has 0 unspecified atom stereocenters. The molecule has 0 atom stereocenters. The van der Waals surface area contributed by atoms with Crippen LogP contribution in [-0.2, 0) is 9.63 Å². The van der Waals surface area contributed by atoms with Gasteiger partial charge >= 0.3 is 5.97 Å². The molecule has 0 saturated heterocycles. The Kier molecular flexibility index (Phi) is 3.01. The van der Waals surface area contributed by atoms with Gasteiger partial charge in [0.15, 0.2) is 5.71 Å². The van der Waals surface area contributed by atoms with Crippen LogP contribution in [0.15, 0.2) is 5.16 Å². The molecule has 0 bridgehead atoms. The molecule has 1 aliphatic rings. The van der Waals surface area contributed by atoms with E-state index in [0.29, 0.717) is 13.0 Å². The number of rotatable bonds is 1. The maximum Gasteiger partial charge on any atom is 0.353 e. The van der Waals surface area contributed by atoms with Crippen molar-refractivity contribution >= 4 is 24.1 Å². The molecule has 5 heteroatoms. The molecule has 52 valence electrons. The second-order valence-corrected chi connectivity index (χ2v) is 1.43. The van der Waals surface area contributed by atoms with Gasteiger partial charge in [0.05, 0.1) is 0 Å². The van der Waals surface area contributed by atoms with E-state index < -0.39 is 5.97 Å². The van der Waals surface area contributed by atoms with E-state index in [1.807, 2.05) is 0 Å². The van der Waals surface area contributed by atoms with E-state index in [-0.39, 0.29) is 18.1 Å². The zero-order chi connectivity index (χ0) is 5.98. The topological polar surface area (TPSA) is 58.9 Å². The standard InChI is InChI=1S/C4H5NO3.ClH/c6-4(7)3-1-2-8-5-3;/h1-2H2,(H,6,7);1H. The maximum atomic E-state index is 9.99. The average molecular weight is 152 g/mol. The molecule has 0 aromatic rings. The zero-order valence-corrected chi connectivity index (χ0v) is 5.35. The molecule has 1 aliphatic heterocycles. The van der Waals surface area contributed by atoms with Gasteiger partial charge in [-0.25, -0.2) is 4.79 Å². The molecule has 1 rings (SSSR count). The molecule has 0 radical (unpaired) electrons. The Hall–Kier alpha value is -0.770. The van der Waals surface area contributed by atoms with Crippen molar-refractivity contribution in [1.29, 1.82) is 0 Å². The Balaban J connectivity index is 0.000000640. The summed E-state index contributed by atoms with van der Waals surface area (Å²) in [6, 6.07) is 0. The van der Waals surface area contributed by atoms with Gasteiger partial charge in [-0.05, 0) is 0 Å². The first kappa shape index (κ1) is 8.23. The molecule has 0 aromatic heterocycles. The molecule has 0 aliphatic carbocycles. The lowest BCUT2D eigenvalue weighted by Crippen LogP contribution is -2.09. The number of aliphatic carboxylic acids is 1. The third-order valence-corrected chi connectivity index (χ3v) is 0.852.